The molecule has 0 saturated carbocycles. The zero-order valence-electron chi connectivity index (χ0n) is 13.3. The zero-order valence-corrected chi connectivity index (χ0v) is 13.3. The Morgan fingerprint density at radius 1 is 1.39 bits per heavy atom. The van der Waals surface area contributed by atoms with Crippen molar-refractivity contribution >= 4 is 5.91 Å². The molecule has 0 unspecified atom stereocenters. The number of rotatable bonds is 5. The van der Waals surface area contributed by atoms with Crippen molar-refractivity contribution in [3.8, 4) is 5.75 Å². The van der Waals surface area contributed by atoms with Crippen molar-refractivity contribution in [3.63, 3.8) is 0 Å². The summed E-state index contributed by atoms with van der Waals surface area (Å²) in [6.45, 7) is 3.35. The van der Waals surface area contributed by atoms with Crippen molar-refractivity contribution in [2.75, 3.05) is 6.61 Å². The summed E-state index contributed by atoms with van der Waals surface area (Å²) in [6.07, 6.45) is 6.89. The monoisotopic (exact) mass is 311 g/mol. The number of fused-ring (bicyclic) bond motifs is 1. The molecule has 1 aromatic carbocycles. The van der Waals surface area contributed by atoms with E-state index in [2.05, 4.69) is 28.3 Å². The van der Waals surface area contributed by atoms with Crippen LogP contribution in [0.3, 0.4) is 0 Å². The molecule has 5 heteroatoms. The number of hydrogen-bond acceptors (Lipinski definition) is 4. The van der Waals surface area contributed by atoms with Gasteiger partial charge in [0.25, 0.3) is 5.91 Å². The molecule has 2 heterocycles. The van der Waals surface area contributed by atoms with Gasteiger partial charge in [0.1, 0.15) is 12.1 Å². The second-order valence-electron chi connectivity index (χ2n) is 5.71. The van der Waals surface area contributed by atoms with Gasteiger partial charge in [-0.05, 0) is 36.5 Å². The van der Waals surface area contributed by atoms with Crippen LogP contribution in [0.1, 0.15) is 46.9 Å². The summed E-state index contributed by atoms with van der Waals surface area (Å²) >= 11 is 0. The Morgan fingerprint density at radius 2 is 2.30 bits per heavy atom. The molecule has 1 aliphatic rings. The van der Waals surface area contributed by atoms with Crippen LogP contribution in [-0.2, 0) is 19.4 Å². The van der Waals surface area contributed by atoms with Gasteiger partial charge in [-0.2, -0.15) is 0 Å². The van der Waals surface area contributed by atoms with Gasteiger partial charge in [-0.25, -0.2) is 9.97 Å². The highest BCUT2D eigenvalue weighted by Gasteiger charge is 2.13. The van der Waals surface area contributed by atoms with Crippen LogP contribution >= 0.6 is 0 Å². The molecule has 1 aromatic heterocycles. The third kappa shape index (κ3) is 3.67. The third-order valence-corrected chi connectivity index (χ3v) is 3.95. The van der Waals surface area contributed by atoms with Crippen LogP contribution < -0.4 is 10.1 Å². The highest BCUT2D eigenvalue weighted by Crippen LogP contribution is 2.25. The number of carbonyl (C=O) groups is 1. The van der Waals surface area contributed by atoms with Gasteiger partial charge in [-0.3, -0.25) is 4.79 Å². The number of aromatic nitrogens is 2. The van der Waals surface area contributed by atoms with Crippen LogP contribution in [0.15, 0.2) is 30.7 Å². The van der Waals surface area contributed by atoms with Crippen LogP contribution in [0.5, 0.6) is 5.75 Å². The van der Waals surface area contributed by atoms with E-state index in [9.17, 15) is 4.79 Å². The molecule has 1 amide bonds. The van der Waals surface area contributed by atoms with Crippen LogP contribution in [0.25, 0.3) is 0 Å². The van der Waals surface area contributed by atoms with E-state index in [-0.39, 0.29) is 5.91 Å². The quantitative estimate of drug-likeness (QED) is 0.922. The minimum absolute atomic E-state index is 0.122. The molecule has 0 spiro atoms. The number of ether oxygens (including phenoxy) is 1. The maximum atomic E-state index is 12.4. The number of carbonyl (C=O) groups excluding carboxylic acids is 1. The van der Waals surface area contributed by atoms with Crippen LogP contribution in [0.4, 0.5) is 0 Å². The van der Waals surface area contributed by atoms with Crippen molar-refractivity contribution in [1.29, 1.82) is 0 Å². The molecule has 120 valence electrons. The molecule has 1 aliphatic heterocycles. The molecular weight excluding hydrogens is 290 g/mol. The Hall–Kier alpha value is -2.43. The van der Waals surface area contributed by atoms with Crippen molar-refractivity contribution in [2.24, 2.45) is 0 Å². The lowest BCUT2D eigenvalue weighted by Crippen LogP contribution is -2.25. The third-order valence-electron chi connectivity index (χ3n) is 3.95. The number of aryl methyl sites for hydroxylation is 2. The van der Waals surface area contributed by atoms with Crippen molar-refractivity contribution in [1.82, 2.24) is 15.3 Å². The number of hydrogen-bond donors (Lipinski definition) is 1. The second kappa shape index (κ2) is 7.22. The average Bonchev–Trinajstić information content (AvgIpc) is 2.60. The molecule has 23 heavy (non-hydrogen) atoms. The van der Waals surface area contributed by atoms with E-state index in [1.165, 1.54) is 11.9 Å². The van der Waals surface area contributed by atoms with Crippen LogP contribution in [0.2, 0.25) is 0 Å². The Kier molecular flexibility index (Phi) is 4.86. The summed E-state index contributed by atoms with van der Waals surface area (Å²) in [4.78, 5) is 20.6. The second-order valence-corrected chi connectivity index (χ2v) is 5.71. The lowest BCUT2D eigenvalue weighted by atomic mass is 10.0. The molecule has 3 rings (SSSR count). The van der Waals surface area contributed by atoms with E-state index in [1.54, 1.807) is 6.20 Å². The highest BCUT2D eigenvalue weighted by molar-refractivity contribution is 5.94. The number of benzene rings is 1. The van der Waals surface area contributed by atoms with Gasteiger partial charge in [-0.1, -0.05) is 25.5 Å². The number of nitrogens with zero attached hydrogens (tertiary/aromatic N) is 2. The minimum Gasteiger partial charge on any atom is -0.493 e. The molecule has 1 N–H and O–H groups in total. The lowest BCUT2D eigenvalue weighted by Gasteiger charge is -2.18. The Balaban J connectivity index is 1.67. The molecule has 0 fully saturated rings. The Bertz CT molecular complexity index is 700. The average molecular weight is 311 g/mol. The Morgan fingerprint density at radius 3 is 3.17 bits per heavy atom. The van der Waals surface area contributed by atoms with E-state index >= 15 is 0 Å². The van der Waals surface area contributed by atoms with E-state index in [0.29, 0.717) is 12.1 Å². The smallest absolute Gasteiger partial charge is 0.254 e. The van der Waals surface area contributed by atoms with Gasteiger partial charge in [0.2, 0.25) is 0 Å². The molecular formula is C18H21N3O2. The molecule has 0 radical (unpaired) electrons. The van der Waals surface area contributed by atoms with E-state index in [1.807, 2.05) is 12.1 Å². The summed E-state index contributed by atoms with van der Waals surface area (Å²) in [7, 11) is 0. The lowest BCUT2D eigenvalue weighted by molar-refractivity contribution is 0.0949. The predicted octanol–water partition coefficient (Wildman–Crippen LogP) is 2.68. The van der Waals surface area contributed by atoms with Crippen LogP contribution in [0, 0.1) is 0 Å². The standard InChI is InChI=1S/C18H21N3O2/c1-2-4-16-15(11-19-12-21-16)18(22)20-10-13-6-7-17-14(9-13)5-3-8-23-17/h6-7,9,11-12H,2-5,8,10H2,1H3,(H,20,22). The first-order chi connectivity index (χ1) is 11.3. The molecule has 0 bridgehead atoms. The van der Waals surface area contributed by atoms with E-state index < -0.39 is 0 Å². The van der Waals surface area contributed by atoms with Gasteiger partial charge in [0.05, 0.1) is 17.9 Å². The summed E-state index contributed by atoms with van der Waals surface area (Å²) in [5.41, 5.74) is 3.67. The normalized spacial score (nSPS) is 13.1. The number of nitrogens with one attached hydrogen (secondary N) is 1. The summed E-state index contributed by atoms with van der Waals surface area (Å²) in [6, 6.07) is 6.10. The maximum absolute atomic E-state index is 12.4. The van der Waals surface area contributed by atoms with Gasteiger partial charge < -0.3 is 10.1 Å². The first-order valence-corrected chi connectivity index (χ1v) is 8.09. The molecule has 0 saturated heterocycles. The summed E-state index contributed by atoms with van der Waals surface area (Å²) in [5.74, 6) is 0.844. The molecule has 5 nitrogen and oxygen atoms in total. The van der Waals surface area contributed by atoms with Crippen LogP contribution in [-0.4, -0.2) is 22.5 Å². The summed E-state index contributed by atoms with van der Waals surface area (Å²) in [5, 5.41) is 2.96. The highest BCUT2D eigenvalue weighted by atomic mass is 16.5. The first-order valence-electron chi connectivity index (χ1n) is 8.09. The maximum Gasteiger partial charge on any atom is 0.254 e. The van der Waals surface area contributed by atoms with Gasteiger partial charge in [-0.15, -0.1) is 0 Å². The molecule has 2 aromatic rings. The fourth-order valence-corrected chi connectivity index (χ4v) is 2.78. The number of amides is 1. The Labute approximate surface area is 136 Å². The van der Waals surface area contributed by atoms with Gasteiger partial charge >= 0.3 is 0 Å². The van der Waals surface area contributed by atoms with Gasteiger partial charge in [0, 0.05) is 12.7 Å². The first kappa shape index (κ1) is 15.5. The summed E-state index contributed by atoms with van der Waals surface area (Å²) < 4.78 is 5.61. The largest absolute Gasteiger partial charge is 0.493 e. The minimum atomic E-state index is -0.122. The fraction of sp³-hybridized carbons (Fsp3) is 0.389. The van der Waals surface area contributed by atoms with E-state index in [4.69, 9.17) is 4.74 Å². The molecule has 0 atom stereocenters. The van der Waals surface area contributed by atoms with E-state index in [0.717, 1.165) is 49.3 Å². The predicted molar refractivity (Wildman–Crippen MR) is 87.5 cm³/mol. The topological polar surface area (TPSA) is 64.1 Å². The van der Waals surface area contributed by atoms with Crippen molar-refractivity contribution in [2.45, 2.75) is 39.2 Å². The fourth-order valence-electron chi connectivity index (χ4n) is 2.78. The zero-order chi connectivity index (χ0) is 16.1. The van der Waals surface area contributed by atoms with Crippen molar-refractivity contribution in [3.05, 3.63) is 53.1 Å². The van der Waals surface area contributed by atoms with Gasteiger partial charge in [0.15, 0.2) is 0 Å². The van der Waals surface area contributed by atoms with Crippen molar-refractivity contribution < 1.29 is 9.53 Å². The molecule has 0 aliphatic carbocycles. The SMILES string of the molecule is CCCc1ncncc1C(=O)NCc1ccc2c(c1)CCCO2.